The van der Waals surface area contributed by atoms with E-state index in [0.717, 1.165) is 36.3 Å². The van der Waals surface area contributed by atoms with Crippen molar-refractivity contribution in [1.82, 2.24) is 9.55 Å². The summed E-state index contributed by atoms with van der Waals surface area (Å²) in [5.74, 6) is 0.268. The minimum atomic E-state index is -1.05. The molecule has 1 heterocycles. The number of nitrogens with zero attached hydrogens (tertiary/aromatic N) is 2. The standard InChI is InChI=1S/C20H16Cl2N2O2/c21-14-6-8-16(9-7-14)24-17(10-12-4-5-12)23-18(20(25)26)19(24)13-2-1-3-15(22)11-13/h1-3,6-9,11-12H,4-5,10H2,(H,25,26). The van der Waals surface area contributed by atoms with Gasteiger partial charge in [0.1, 0.15) is 5.82 Å². The highest BCUT2D eigenvalue weighted by molar-refractivity contribution is 6.31. The summed E-state index contributed by atoms with van der Waals surface area (Å²) in [6.45, 7) is 0. The Hall–Kier alpha value is -2.30. The molecule has 4 nitrogen and oxygen atoms in total. The van der Waals surface area contributed by atoms with E-state index in [2.05, 4.69) is 4.98 Å². The van der Waals surface area contributed by atoms with Gasteiger partial charge in [0.25, 0.3) is 0 Å². The van der Waals surface area contributed by atoms with Crippen molar-refractivity contribution in [1.29, 1.82) is 0 Å². The van der Waals surface area contributed by atoms with Crippen LogP contribution in [-0.2, 0) is 6.42 Å². The zero-order valence-electron chi connectivity index (χ0n) is 13.8. The number of imidazole rings is 1. The second-order valence-electron chi connectivity index (χ2n) is 6.50. The van der Waals surface area contributed by atoms with Crippen LogP contribution in [-0.4, -0.2) is 20.6 Å². The van der Waals surface area contributed by atoms with E-state index in [1.165, 1.54) is 0 Å². The van der Waals surface area contributed by atoms with E-state index in [1.807, 2.05) is 28.8 Å². The third-order valence-electron chi connectivity index (χ3n) is 4.50. The van der Waals surface area contributed by atoms with Crippen LogP contribution in [0, 0.1) is 5.92 Å². The van der Waals surface area contributed by atoms with E-state index in [4.69, 9.17) is 23.2 Å². The number of rotatable bonds is 5. The first-order valence-corrected chi connectivity index (χ1v) is 9.15. The lowest BCUT2D eigenvalue weighted by molar-refractivity contribution is 0.0691. The average molecular weight is 387 g/mol. The molecule has 3 aromatic rings. The largest absolute Gasteiger partial charge is 0.476 e. The van der Waals surface area contributed by atoms with Crippen LogP contribution in [0.2, 0.25) is 10.0 Å². The normalized spacial score (nSPS) is 13.8. The zero-order chi connectivity index (χ0) is 18.3. The fourth-order valence-corrected chi connectivity index (χ4v) is 3.42. The summed E-state index contributed by atoms with van der Waals surface area (Å²) in [5, 5.41) is 10.9. The molecule has 0 atom stereocenters. The van der Waals surface area contributed by atoms with E-state index in [9.17, 15) is 9.90 Å². The number of carboxylic acid groups (broad SMARTS) is 1. The molecule has 1 N–H and O–H groups in total. The lowest BCUT2D eigenvalue weighted by Gasteiger charge is -2.13. The lowest BCUT2D eigenvalue weighted by Crippen LogP contribution is -2.05. The molecule has 0 spiro atoms. The first kappa shape index (κ1) is 17.1. The van der Waals surface area contributed by atoms with Crippen molar-refractivity contribution >= 4 is 29.2 Å². The van der Waals surface area contributed by atoms with Crippen molar-refractivity contribution in [3.05, 3.63) is 70.1 Å². The maximum Gasteiger partial charge on any atom is 0.356 e. The number of aromatic nitrogens is 2. The average Bonchev–Trinajstić information content (AvgIpc) is 3.34. The van der Waals surface area contributed by atoms with Gasteiger partial charge in [0.2, 0.25) is 0 Å². The second-order valence-corrected chi connectivity index (χ2v) is 7.37. The minimum absolute atomic E-state index is 0.0397. The van der Waals surface area contributed by atoms with E-state index in [-0.39, 0.29) is 5.69 Å². The van der Waals surface area contributed by atoms with Gasteiger partial charge in [-0.25, -0.2) is 9.78 Å². The summed E-state index contributed by atoms with van der Waals surface area (Å²) in [4.78, 5) is 16.4. The molecular formula is C20H16Cl2N2O2. The molecule has 2 aromatic carbocycles. The molecule has 1 fully saturated rings. The van der Waals surface area contributed by atoms with Crippen molar-refractivity contribution in [3.63, 3.8) is 0 Å². The predicted octanol–water partition coefficient (Wildman–Crippen LogP) is 5.50. The molecule has 0 unspecified atom stereocenters. The van der Waals surface area contributed by atoms with Gasteiger partial charge >= 0.3 is 5.97 Å². The number of benzene rings is 2. The van der Waals surface area contributed by atoms with Crippen molar-refractivity contribution in [3.8, 4) is 16.9 Å². The molecule has 0 radical (unpaired) electrons. The van der Waals surface area contributed by atoms with E-state index in [1.54, 1.807) is 24.3 Å². The summed E-state index contributed by atoms with van der Waals surface area (Å²) < 4.78 is 1.92. The second kappa shape index (κ2) is 6.78. The van der Waals surface area contributed by atoms with Crippen LogP contribution in [0.15, 0.2) is 48.5 Å². The van der Waals surface area contributed by atoms with E-state index in [0.29, 0.717) is 21.7 Å². The summed E-state index contributed by atoms with van der Waals surface area (Å²) in [6.07, 6.45) is 3.06. The molecule has 0 aliphatic heterocycles. The third kappa shape index (κ3) is 3.35. The summed E-state index contributed by atoms with van der Waals surface area (Å²) in [5.41, 5.74) is 2.13. The molecule has 26 heavy (non-hydrogen) atoms. The number of halogens is 2. The lowest BCUT2D eigenvalue weighted by atomic mass is 10.1. The summed E-state index contributed by atoms with van der Waals surface area (Å²) >= 11 is 12.2. The van der Waals surface area contributed by atoms with Crippen LogP contribution in [0.4, 0.5) is 0 Å². The van der Waals surface area contributed by atoms with Crippen LogP contribution in [0.5, 0.6) is 0 Å². The van der Waals surface area contributed by atoms with Gasteiger partial charge in [-0.3, -0.25) is 4.57 Å². The molecule has 6 heteroatoms. The van der Waals surface area contributed by atoms with Gasteiger partial charge in [-0.15, -0.1) is 0 Å². The molecule has 4 rings (SSSR count). The van der Waals surface area contributed by atoms with Crippen molar-refractivity contribution in [2.45, 2.75) is 19.3 Å². The van der Waals surface area contributed by atoms with Crippen LogP contribution in [0.3, 0.4) is 0 Å². The molecule has 1 aliphatic rings. The Balaban J connectivity index is 1.98. The number of hydrogen-bond donors (Lipinski definition) is 1. The fourth-order valence-electron chi connectivity index (χ4n) is 3.10. The Bertz CT molecular complexity index is 976. The maximum absolute atomic E-state index is 11.9. The molecule has 1 aliphatic carbocycles. The molecule has 1 saturated carbocycles. The van der Waals surface area contributed by atoms with Gasteiger partial charge < -0.3 is 5.11 Å². The van der Waals surface area contributed by atoms with E-state index < -0.39 is 5.97 Å². The Morgan fingerprint density at radius 3 is 2.46 bits per heavy atom. The van der Waals surface area contributed by atoms with Gasteiger partial charge in [0, 0.05) is 27.7 Å². The van der Waals surface area contributed by atoms with Crippen LogP contribution in [0.1, 0.15) is 29.2 Å². The fraction of sp³-hybridized carbons (Fsp3) is 0.200. The van der Waals surface area contributed by atoms with Gasteiger partial charge in [-0.1, -0.05) is 35.3 Å². The Morgan fingerprint density at radius 1 is 1.12 bits per heavy atom. The van der Waals surface area contributed by atoms with Crippen molar-refractivity contribution in [2.24, 2.45) is 5.92 Å². The molecule has 0 bridgehead atoms. The van der Waals surface area contributed by atoms with Gasteiger partial charge in [-0.2, -0.15) is 0 Å². The summed E-state index contributed by atoms with van der Waals surface area (Å²) in [7, 11) is 0. The third-order valence-corrected chi connectivity index (χ3v) is 4.99. The van der Waals surface area contributed by atoms with Gasteiger partial charge in [-0.05, 0) is 55.2 Å². The van der Waals surface area contributed by atoms with Crippen LogP contribution >= 0.6 is 23.2 Å². The van der Waals surface area contributed by atoms with Crippen molar-refractivity contribution in [2.75, 3.05) is 0 Å². The quantitative estimate of drug-likeness (QED) is 0.629. The molecule has 0 amide bonds. The molecule has 0 saturated heterocycles. The first-order chi connectivity index (χ1) is 12.5. The van der Waals surface area contributed by atoms with E-state index >= 15 is 0 Å². The minimum Gasteiger partial charge on any atom is -0.476 e. The SMILES string of the molecule is O=C(O)c1nc(CC2CC2)n(-c2ccc(Cl)cc2)c1-c1cccc(Cl)c1. The van der Waals surface area contributed by atoms with Crippen LogP contribution < -0.4 is 0 Å². The number of hydrogen-bond acceptors (Lipinski definition) is 2. The Labute approximate surface area is 161 Å². The van der Waals surface area contributed by atoms with Crippen LogP contribution in [0.25, 0.3) is 16.9 Å². The highest BCUT2D eigenvalue weighted by Crippen LogP contribution is 2.36. The number of carbonyl (C=O) groups is 1. The monoisotopic (exact) mass is 386 g/mol. The summed E-state index contributed by atoms with van der Waals surface area (Å²) in [6, 6.07) is 14.5. The first-order valence-electron chi connectivity index (χ1n) is 8.39. The highest BCUT2D eigenvalue weighted by Gasteiger charge is 2.29. The van der Waals surface area contributed by atoms with Crippen molar-refractivity contribution < 1.29 is 9.90 Å². The number of carboxylic acids is 1. The number of aromatic carboxylic acids is 1. The Kier molecular flexibility index (Phi) is 4.47. The van der Waals surface area contributed by atoms with Gasteiger partial charge in [0.05, 0.1) is 5.69 Å². The Morgan fingerprint density at radius 2 is 1.85 bits per heavy atom. The highest BCUT2D eigenvalue weighted by atomic mass is 35.5. The maximum atomic E-state index is 11.9. The smallest absolute Gasteiger partial charge is 0.356 e. The molecule has 1 aromatic heterocycles. The molecule has 132 valence electrons. The topological polar surface area (TPSA) is 55.1 Å². The predicted molar refractivity (Wildman–Crippen MR) is 102 cm³/mol. The van der Waals surface area contributed by atoms with Gasteiger partial charge in [0.15, 0.2) is 5.69 Å². The molecular weight excluding hydrogens is 371 g/mol. The zero-order valence-corrected chi connectivity index (χ0v) is 15.3.